The lowest BCUT2D eigenvalue weighted by Gasteiger charge is -2.44. The molecule has 6 N–H and O–H groups in total. The van der Waals surface area contributed by atoms with Crippen LogP contribution in [0.1, 0.15) is 6.92 Å². The summed E-state index contributed by atoms with van der Waals surface area (Å²) in [6.45, 7) is 0.487. The molecule has 3 heterocycles. The number of hydrogen-bond donors (Lipinski definition) is 6. The Morgan fingerprint density at radius 3 is 2.20 bits per heavy atom. The summed E-state index contributed by atoms with van der Waals surface area (Å²) in [7, 11) is 0. The predicted molar refractivity (Wildman–Crippen MR) is 78.4 cm³/mol. The van der Waals surface area contributed by atoms with Gasteiger partial charge in [-0.1, -0.05) is 0 Å². The monoisotopic (exact) mass is 365 g/mol. The van der Waals surface area contributed by atoms with E-state index in [1.54, 1.807) is 6.92 Å². The van der Waals surface area contributed by atoms with Crippen molar-refractivity contribution < 1.29 is 49.6 Å². The van der Waals surface area contributed by atoms with Crippen molar-refractivity contribution in [1.29, 1.82) is 0 Å². The van der Waals surface area contributed by atoms with Gasteiger partial charge in [0.15, 0.2) is 12.2 Å². The van der Waals surface area contributed by atoms with Crippen LogP contribution >= 0.6 is 0 Å². The molecule has 3 rings (SSSR count). The van der Waals surface area contributed by atoms with Crippen molar-refractivity contribution >= 4 is 5.90 Å². The number of fused-ring (bicyclic) bond motifs is 1. The lowest BCUT2D eigenvalue weighted by molar-refractivity contribution is -0.336. The Morgan fingerprint density at radius 2 is 1.56 bits per heavy atom. The van der Waals surface area contributed by atoms with Crippen LogP contribution in [-0.4, -0.2) is 111 Å². The van der Waals surface area contributed by atoms with E-state index < -0.39 is 74.6 Å². The molecule has 11 nitrogen and oxygen atoms in total. The molecule has 25 heavy (non-hydrogen) atoms. The van der Waals surface area contributed by atoms with Crippen molar-refractivity contribution in [3.63, 3.8) is 0 Å². The fourth-order valence-corrected chi connectivity index (χ4v) is 3.19. The van der Waals surface area contributed by atoms with E-state index in [1.165, 1.54) is 0 Å². The largest absolute Gasteiger partial charge is 0.450 e. The molecule has 0 saturated carbocycles. The van der Waals surface area contributed by atoms with Crippen LogP contribution in [0.25, 0.3) is 0 Å². The van der Waals surface area contributed by atoms with E-state index in [0.717, 1.165) is 0 Å². The van der Waals surface area contributed by atoms with Gasteiger partial charge in [0, 0.05) is 6.92 Å². The van der Waals surface area contributed by atoms with Crippen LogP contribution in [-0.2, 0) is 18.9 Å². The van der Waals surface area contributed by atoms with Crippen molar-refractivity contribution in [2.75, 3.05) is 13.2 Å². The van der Waals surface area contributed by atoms with Gasteiger partial charge >= 0.3 is 0 Å². The highest BCUT2D eigenvalue weighted by atomic mass is 16.7. The Morgan fingerprint density at radius 1 is 0.920 bits per heavy atom. The number of hydrogen-bond acceptors (Lipinski definition) is 11. The molecule has 3 aliphatic rings. The maximum absolute atomic E-state index is 10.4. The highest BCUT2D eigenvalue weighted by Gasteiger charge is 2.53. The molecule has 3 aliphatic heterocycles. The van der Waals surface area contributed by atoms with Crippen LogP contribution < -0.4 is 0 Å². The maximum atomic E-state index is 10.4. The molecule has 11 heteroatoms. The van der Waals surface area contributed by atoms with E-state index in [9.17, 15) is 30.6 Å². The summed E-state index contributed by atoms with van der Waals surface area (Å²) in [6, 6.07) is -0.773. The van der Waals surface area contributed by atoms with Crippen molar-refractivity contribution in [3.05, 3.63) is 0 Å². The second kappa shape index (κ2) is 7.39. The molecule has 0 bridgehead atoms. The zero-order valence-electron chi connectivity index (χ0n) is 13.5. The van der Waals surface area contributed by atoms with Gasteiger partial charge < -0.3 is 49.6 Å². The van der Waals surface area contributed by atoms with E-state index in [2.05, 4.69) is 4.99 Å². The smallest absolute Gasteiger partial charge is 0.227 e. The molecule has 0 spiro atoms. The Hall–Kier alpha value is -0.890. The minimum Gasteiger partial charge on any atom is -0.450 e. The molecule has 0 amide bonds. The zero-order chi connectivity index (χ0) is 18.3. The summed E-state index contributed by atoms with van der Waals surface area (Å²) in [5.74, 6) is 0.309. The average Bonchev–Trinajstić information content (AvgIpc) is 2.97. The summed E-state index contributed by atoms with van der Waals surface area (Å²) in [5, 5.41) is 58.7. The number of rotatable bonds is 4. The zero-order valence-corrected chi connectivity index (χ0v) is 13.5. The highest BCUT2D eigenvalue weighted by molar-refractivity contribution is 5.75. The average molecular weight is 365 g/mol. The number of ether oxygens (including phenoxy) is 4. The third-order valence-corrected chi connectivity index (χ3v) is 4.58. The quantitative estimate of drug-likeness (QED) is 0.289. The molecule has 0 aromatic heterocycles. The minimum absolute atomic E-state index is 0.309. The summed E-state index contributed by atoms with van der Waals surface area (Å²) in [6.07, 6.45) is -11.6. The van der Waals surface area contributed by atoms with E-state index >= 15 is 0 Å². The van der Waals surface area contributed by atoms with Gasteiger partial charge in [-0.15, -0.1) is 0 Å². The van der Waals surface area contributed by atoms with Gasteiger partial charge in [-0.2, -0.15) is 0 Å². The van der Waals surface area contributed by atoms with Crippen molar-refractivity contribution in [1.82, 2.24) is 0 Å². The third-order valence-electron chi connectivity index (χ3n) is 4.58. The van der Waals surface area contributed by atoms with Crippen LogP contribution in [0.15, 0.2) is 4.99 Å². The van der Waals surface area contributed by atoms with Crippen molar-refractivity contribution in [2.24, 2.45) is 4.99 Å². The molecular weight excluding hydrogens is 342 g/mol. The van der Waals surface area contributed by atoms with Crippen molar-refractivity contribution in [2.45, 2.75) is 68.3 Å². The van der Waals surface area contributed by atoms with Gasteiger partial charge in [-0.05, 0) is 0 Å². The van der Waals surface area contributed by atoms with Crippen LogP contribution in [0.2, 0.25) is 0 Å². The van der Waals surface area contributed by atoms with Crippen LogP contribution in [0.4, 0.5) is 0 Å². The van der Waals surface area contributed by atoms with Crippen molar-refractivity contribution in [3.8, 4) is 0 Å². The van der Waals surface area contributed by atoms with E-state index in [-0.39, 0.29) is 0 Å². The van der Waals surface area contributed by atoms with Gasteiger partial charge in [-0.3, -0.25) is 0 Å². The molecule has 0 radical (unpaired) electrons. The summed E-state index contributed by atoms with van der Waals surface area (Å²) >= 11 is 0. The van der Waals surface area contributed by atoms with Crippen LogP contribution in [0, 0.1) is 0 Å². The molecule has 0 aromatic rings. The fourth-order valence-electron chi connectivity index (χ4n) is 3.19. The Bertz CT molecular complexity index is 502. The molecule has 0 aromatic carbocycles. The normalized spacial score (nSPS) is 50.1. The number of aliphatic imine (C=N–C) groups is 1. The molecular formula is C14H23NO10. The highest BCUT2D eigenvalue weighted by Crippen LogP contribution is 2.33. The number of aliphatic hydroxyl groups is 6. The van der Waals surface area contributed by atoms with Gasteiger partial charge in [0.1, 0.15) is 48.8 Å². The van der Waals surface area contributed by atoms with Gasteiger partial charge in [0.25, 0.3) is 0 Å². The van der Waals surface area contributed by atoms with Gasteiger partial charge in [0.05, 0.1) is 13.2 Å². The number of aliphatic hydroxyl groups excluding tert-OH is 6. The van der Waals surface area contributed by atoms with Crippen LogP contribution in [0.5, 0.6) is 0 Å². The lowest BCUT2D eigenvalue weighted by Crippen LogP contribution is -2.63. The standard InChI is InChI=1S/C14H23NO10/c1-4-15-7-12(9(19)6(3-17)23-13(7)22-4)25-14-11(21)10(20)8(18)5(2-16)24-14/h5-14,16-21H,2-3H2,1H3/t5-,6-,7-,8+,9-,10+,11-,12-,13+,14+/m1/s1. The Labute approximate surface area is 143 Å². The fraction of sp³-hybridized carbons (Fsp3) is 0.929. The molecule has 0 aliphatic carbocycles. The SMILES string of the molecule is CC1=N[C@H]2[C@@H](O1)O[C@H](CO)[C@@H](O)[C@@H]2O[C@@H]1O[C@H](CO)[C@H](O)[C@H](O)[C@H]1O. The molecule has 2 fully saturated rings. The molecule has 0 unspecified atom stereocenters. The molecule has 10 atom stereocenters. The minimum atomic E-state index is -1.62. The second-order valence-corrected chi connectivity index (χ2v) is 6.27. The second-order valence-electron chi connectivity index (χ2n) is 6.27. The first-order valence-electron chi connectivity index (χ1n) is 7.98. The maximum Gasteiger partial charge on any atom is 0.227 e. The first-order chi connectivity index (χ1) is 11.9. The molecule has 144 valence electrons. The summed E-state index contributed by atoms with van der Waals surface area (Å²) in [5.41, 5.74) is 0. The topological polar surface area (TPSA) is 171 Å². The predicted octanol–water partition coefficient (Wildman–Crippen LogP) is -3.93. The first kappa shape index (κ1) is 18.9. The number of nitrogens with zero attached hydrogens (tertiary/aromatic N) is 1. The third kappa shape index (κ3) is 3.39. The molecule has 2 saturated heterocycles. The Balaban J connectivity index is 1.78. The van der Waals surface area contributed by atoms with E-state index in [0.29, 0.717) is 5.90 Å². The van der Waals surface area contributed by atoms with Crippen LogP contribution in [0.3, 0.4) is 0 Å². The summed E-state index contributed by atoms with van der Waals surface area (Å²) in [4.78, 5) is 4.18. The first-order valence-corrected chi connectivity index (χ1v) is 7.98. The lowest BCUT2D eigenvalue weighted by atomic mass is 9.96. The van der Waals surface area contributed by atoms with E-state index in [4.69, 9.17) is 18.9 Å². The van der Waals surface area contributed by atoms with E-state index in [1.807, 2.05) is 0 Å². The van der Waals surface area contributed by atoms with Gasteiger partial charge in [-0.25, -0.2) is 4.99 Å². The summed E-state index contributed by atoms with van der Waals surface area (Å²) < 4.78 is 21.7. The van der Waals surface area contributed by atoms with Gasteiger partial charge in [0.2, 0.25) is 6.29 Å². The Kier molecular flexibility index (Phi) is 5.58.